The van der Waals surface area contributed by atoms with Crippen LogP contribution in [-0.2, 0) is 6.42 Å². The Morgan fingerprint density at radius 1 is 1.42 bits per heavy atom. The highest BCUT2D eigenvalue weighted by Gasteiger charge is 2.03. The summed E-state index contributed by atoms with van der Waals surface area (Å²) in [4.78, 5) is 4.11. The summed E-state index contributed by atoms with van der Waals surface area (Å²) in [6.45, 7) is 3.93. The Morgan fingerprint density at radius 2 is 2.00 bits per heavy atom. The number of nitrogens with zero attached hydrogens (tertiary/aromatic N) is 1. The average Bonchev–Trinajstić information content (AvgIpc) is 2.01. The number of hydrogen-bond acceptors (Lipinski definition) is 3. The fraction of sp³-hybridized carbons (Fsp3) is 0.444. The summed E-state index contributed by atoms with van der Waals surface area (Å²) in [7, 11) is 0. The smallest absolute Gasteiger partial charge is 0.0634 e. The lowest BCUT2D eigenvalue weighted by molar-refractivity contribution is 1.04. The van der Waals surface area contributed by atoms with E-state index >= 15 is 0 Å². The van der Waals surface area contributed by atoms with Crippen molar-refractivity contribution in [2.24, 2.45) is 0 Å². The fourth-order valence-corrected chi connectivity index (χ4v) is 0.968. The minimum atomic E-state index is 0. The van der Waals surface area contributed by atoms with E-state index in [1.807, 2.05) is 13.8 Å². The molecule has 0 aromatic carbocycles. The average molecular weight is 167 g/mol. The topological polar surface area (TPSA) is 64.9 Å². The van der Waals surface area contributed by atoms with Gasteiger partial charge in [0.05, 0.1) is 23.3 Å². The molecule has 0 unspecified atom stereocenters. The third-order valence-electron chi connectivity index (χ3n) is 1.84. The van der Waals surface area contributed by atoms with Gasteiger partial charge in [0.2, 0.25) is 0 Å². The molecule has 0 aliphatic rings. The molecule has 68 valence electrons. The van der Waals surface area contributed by atoms with E-state index < -0.39 is 0 Å². The van der Waals surface area contributed by atoms with Crippen LogP contribution >= 0.6 is 0 Å². The van der Waals surface area contributed by atoms with E-state index in [4.69, 9.17) is 11.5 Å². The van der Waals surface area contributed by atoms with Gasteiger partial charge in [-0.3, -0.25) is 4.98 Å². The molecule has 1 rings (SSSR count). The maximum atomic E-state index is 5.75. The molecular formula is C9H17N3. The van der Waals surface area contributed by atoms with Crippen LogP contribution < -0.4 is 11.5 Å². The van der Waals surface area contributed by atoms with Crippen molar-refractivity contribution in [2.75, 3.05) is 11.5 Å². The zero-order valence-corrected chi connectivity index (χ0v) is 6.89. The van der Waals surface area contributed by atoms with Gasteiger partial charge in [-0.05, 0) is 18.9 Å². The Hall–Kier alpha value is -1.25. The van der Waals surface area contributed by atoms with Crippen molar-refractivity contribution in [1.82, 2.24) is 4.98 Å². The molecule has 1 aromatic heterocycles. The molecule has 1 heterocycles. The number of pyridine rings is 1. The number of nitrogen functional groups attached to an aromatic ring is 2. The van der Waals surface area contributed by atoms with Crippen molar-refractivity contribution in [3.63, 3.8) is 0 Å². The molecule has 12 heavy (non-hydrogen) atoms. The second-order valence-corrected chi connectivity index (χ2v) is 2.55. The second-order valence-electron chi connectivity index (χ2n) is 2.55. The van der Waals surface area contributed by atoms with E-state index in [0.29, 0.717) is 5.69 Å². The van der Waals surface area contributed by atoms with Gasteiger partial charge in [-0.25, -0.2) is 0 Å². The van der Waals surface area contributed by atoms with E-state index in [0.717, 1.165) is 23.4 Å². The number of aryl methyl sites for hydroxylation is 1. The molecule has 0 radical (unpaired) electrons. The quantitative estimate of drug-likeness (QED) is 0.669. The van der Waals surface area contributed by atoms with Gasteiger partial charge in [0.1, 0.15) is 0 Å². The first kappa shape index (κ1) is 10.8. The Balaban J connectivity index is 0.00000121. The molecule has 0 saturated heterocycles. The molecule has 3 heteroatoms. The van der Waals surface area contributed by atoms with Crippen LogP contribution in [0.3, 0.4) is 0 Å². The predicted octanol–water partition coefficient (Wildman–Crippen LogP) is 1.75. The summed E-state index contributed by atoms with van der Waals surface area (Å²) in [5.74, 6) is 0. The number of hydrogen-bond donors (Lipinski definition) is 2. The minimum absolute atomic E-state index is 0. The summed E-state index contributed by atoms with van der Waals surface area (Å²) in [5, 5.41) is 0. The van der Waals surface area contributed by atoms with Crippen LogP contribution in [0.2, 0.25) is 0 Å². The largest absolute Gasteiger partial charge is 0.397 e. The number of nitrogens with two attached hydrogens (primary N) is 2. The lowest BCUT2D eigenvalue weighted by Gasteiger charge is -2.06. The van der Waals surface area contributed by atoms with Gasteiger partial charge in [0, 0.05) is 0 Å². The van der Waals surface area contributed by atoms with Gasteiger partial charge in [-0.1, -0.05) is 14.4 Å². The highest BCUT2D eigenvalue weighted by Crippen LogP contribution is 2.19. The molecule has 1 aromatic rings. The molecule has 3 nitrogen and oxygen atoms in total. The zero-order valence-electron chi connectivity index (χ0n) is 6.89. The Labute approximate surface area is 73.8 Å². The van der Waals surface area contributed by atoms with Gasteiger partial charge in [-0.15, -0.1) is 0 Å². The summed E-state index contributed by atoms with van der Waals surface area (Å²) in [5.41, 5.74) is 14.6. The van der Waals surface area contributed by atoms with Gasteiger partial charge in [-0.2, -0.15) is 0 Å². The lowest BCUT2D eigenvalue weighted by atomic mass is 10.1. The summed E-state index contributed by atoms with van der Waals surface area (Å²) < 4.78 is 0. The van der Waals surface area contributed by atoms with Crippen molar-refractivity contribution in [3.8, 4) is 0 Å². The van der Waals surface area contributed by atoms with Crippen LogP contribution in [-0.4, -0.2) is 4.98 Å². The lowest BCUT2D eigenvalue weighted by Crippen LogP contribution is -2.02. The molecule has 0 spiro atoms. The van der Waals surface area contributed by atoms with Crippen molar-refractivity contribution in [2.45, 2.75) is 27.7 Å². The molecule has 4 N–H and O–H groups in total. The van der Waals surface area contributed by atoms with Crippen LogP contribution in [0.4, 0.5) is 11.4 Å². The highest BCUT2D eigenvalue weighted by molar-refractivity contribution is 5.61. The summed E-state index contributed by atoms with van der Waals surface area (Å²) in [6.07, 6.45) is 2.51. The minimum Gasteiger partial charge on any atom is -0.397 e. The van der Waals surface area contributed by atoms with Crippen LogP contribution in [0.25, 0.3) is 0 Å². The van der Waals surface area contributed by atoms with Crippen molar-refractivity contribution in [1.29, 1.82) is 0 Å². The Morgan fingerprint density at radius 3 is 2.50 bits per heavy atom. The summed E-state index contributed by atoms with van der Waals surface area (Å²) in [6, 6.07) is 0. The summed E-state index contributed by atoms with van der Waals surface area (Å²) >= 11 is 0. The van der Waals surface area contributed by atoms with Crippen molar-refractivity contribution < 1.29 is 0 Å². The third kappa shape index (κ3) is 1.67. The Kier molecular flexibility index (Phi) is 3.54. The Bertz CT molecular complexity index is 269. The van der Waals surface area contributed by atoms with Gasteiger partial charge < -0.3 is 11.5 Å². The van der Waals surface area contributed by atoms with Gasteiger partial charge in [0.15, 0.2) is 0 Å². The second kappa shape index (κ2) is 3.95. The van der Waals surface area contributed by atoms with E-state index in [9.17, 15) is 0 Å². The SMILES string of the molecule is C.CCc1ncc(N)c(C)c1N. The first-order valence-electron chi connectivity index (χ1n) is 3.66. The first-order chi connectivity index (χ1) is 5.16. The highest BCUT2D eigenvalue weighted by atomic mass is 14.8. The van der Waals surface area contributed by atoms with Crippen LogP contribution in [0.5, 0.6) is 0 Å². The standard InChI is InChI=1S/C8H13N3.CH4/c1-3-7-8(10)5(2)6(9)4-11-7;/h4H,3,9-10H2,1-2H3;1H4. The number of rotatable bonds is 1. The molecule has 0 bridgehead atoms. The monoisotopic (exact) mass is 167 g/mol. The predicted molar refractivity (Wildman–Crippen MR) is 53.9 cm³/mol. The van der Waals surface area contributed by atoms with Crippen molar-refractivity contribution in [3.05, 3.63) is 17.5 Å². The maximum absolute atomic E-state index is 5.75. The van der Waals surface area contributed by atoms with E-state index in [2.05, 4.69) is 4.98 Å². The maximum Gasteiger partial charge on any atom is 0.0634 e. The first-order valence-corrected chi connectivity index (χ1v) is 3.66. The number of aromatic nitrogens is 1. The van der Waals surface area contributed by atoms with E-state index in [1.165, 1.54) is 0 Å². The molecular weight excluding hydrogens is 150 g/mol. The molecule has 0 fully saturated rings. The van der Waals surface area contributed by atoms with Crippen LogP contribution in [0, 0.1) is 6.92 Å². The molecule has 0 amide bonds. The normalized spacial score (nSPS) is 9.17. The molecule has 0 saturated carbocycles. The molecule has 0 aliphatic heterocycles. The third-order valence-corrected chi connectivity index (χ3v) is 1.84. The van der Waals surface area contributed by atoms with Crippen molar-refractivity contribution >= 4 is 11.4 Å². The molecule has 0 aliphatic carbocycles. The number of anilines is 2. The van der Waals surface area contributed by atoms with E-state index in [1.54, 1.807) is 6.20 Å². The fourth-order valence-electron chi connectivity index (χ4n) is 0.968. The molecule has 0 atom stereocenters. The van der Waals surface area contributed by atoms with Crippen LogP contribution in [0.15, 0.2) is 6.20 Å². The van der Waals surface area contributed by atoms with Gasteiger partial charge in [0.25, 0.3) is 0 Å². The van der Waals surface area contributed by atoms with Crippen LogP contribution in [0.1, 0.15) is 25.6 Å². The van der Waals surface area contributed by atoms with Gasteiger partial charge >= 0.3 is 0 Å². The zero-order chi connectivity index (χ0) is 8.43. The van der Waals surface area contributed by atoms with E-state index in [-0.39, 0.29) is 7.43 Å².